The van der Waals surface area contributed by atoms with Gasteiger partial charge in [0.15, 0.2) is 0 Å². The van der Waals surface area contributed by atoms with Gasteiger partial charge in [0.1, 0.15) is 6.26 Å². The summed E-state index contributed by atoms with van der Waals surface area (Å²) in [7, 11) is 0. The van der Waals surface area contributed by atoms with E-state index in [9.17, 15) is 4.79 Å². The zero-order valence-corrected chi connectivity index (χ0v) is 11.2. The van der Waals surface area contributed by atoms with Crippen LogP contribution in [0.2, 0.25) is 0 Å². The molecule has 1 aromatic heterocycles. The highest BCUT2D eigenvalue weighted by Crippen LogP contribution is 2.18. The monoisotopic (exact) mass is 250 g/mol. The van der Waals surface area contributed by atoms with Crippen LogP contribution in [-0.2, 0) is 0 Å². The van der Waals surface area contributed by atoms with Crippen molar-refractivity contribution in [3.63, 3.8) is 0 Å². The van der Waals surface area contributed by atoms with Crippen molar-refractivity contribution in [2.75, 3.05) is 19.6 Å². The van der Waals surface area contributed by atoms with Crippen LogP contribution in [0.5, 0.6) is 0 Å². The molecule has 0 aliphatic carbocycles. The highest BCUT2D eigenvalue weighted by molar-refractivity contribution is 5.93. The average Bonchev–Trinajstić information content (AvgIpc) is 2.89. The fourth-order valence-corrected chi connectivity index (χ4v) is 2.39. The zero-order chi connectivity index (χ0) is 13.0. The number of carbonyl (C=O) groups excluding carboxylic acids is 1. The molecule has 18 heavy (non-hydrogen) atoms. The summed E-state index contributed by atoms with van der Waals surface area (Å²) >= 11 is 0. The molecule has 1 unspecified atom stereocenters. The molecule has 0 aromatic carbocycles. The maximum Gasteiger partial charge on any atom is 0.257 e. The number of furan rings is 1. The third-order valence-electron chi connectivity index (χ3n) is 3.39. The SMILES string of the molecule is CC(C)NCC1CCCN(C(=O)c2ccoc2)C1. The normalized spacial score (nSPS) is 20.4. The smallest absolute Gasteiger partial charge is 0.257 e. The fraction of sp³-hybridized carbons (Fsp3) is 0.643. The van der Waals surface area contributed by atoms with Gasteiger partial charge in [0, 0.05) is 19.1 Å². The number of rotatable bonds is 4. The van der Waals surface area contributed by atoms with Crippen molar-refractivity contribution in [2.24, 2.45) is 5.92 Å². The number of carbonyl (C=O) groups is 1. The van der Waals surface area contributed by atoms with Gasteiger partial charge in [-0.15, -0.1) is 0 Å². The molecule has 1 amide bonds. The van der Waals surface area contributed by atoms with Gasteiger partial charge in [-0.2, -0.15) is 0 Å². The number of likely N-dealkylation sites (tertiary alicyclic amines) is 1. The summed E-state index contributed by atoms with van der Waals surface area (Å²) in [5, 5.41) is 3.45. The lowest BCUT2D eigenvalue weighted by Gasteiger charge is -2.33. The van der Waals surface area contributed by atoms with Gasteiger partial charge in [-0.25, -0.2) is 0 Å². The van der Waals surface area contributed by atoms with Gasteiger partial charge in [0.25, 0.3) is 5.91 Å². The first-order chi connectivity index (χ1) is 8.66. The van der Waals surface area contributed by atoms with E-state index in [1.54, 1.807) is 12.3 Å². The topological polar surface area (TPSA) is 45.5 Å². The fourth-order valence-electron chi connectivity index (χ4n) is 2.39. The number of hydrogen-bond donors (Lipinski definition) is 1. The molecule has 1 N–H and O–H groups in total. The largest absolute Gasteiger partial charge is 0.472 e. The highest BCUT2D eigenvalue weighted by Gasteiger charge is 2.24. The summed E-state index contributed by atoms with van der Waals surface area (Å²) in [6.45, 7) is 7.01. The van der Waals surface area contributed by atoms with E-state index in [4.69, 9.17) is 4.42 Å². The minimum absolute atomic E-state index is 0.0954. The molecule has 1 aliphatic heterocycles. The Balaban J connectivity index is 1.88. The lowest BCUT2D eigenvalue weighted by atomic mass is 9.97. The number of hydrogen-bond acceptors (Lipinski definition) is 3. The second-order valence-corrected chi connectivity index (χ2v) is 5.33. The third-order valence-corrected chi connectivity index (χ3v) is 3.39. The van der Waals surface area contributed by atoms with Crippen LogP contribution in [-0.4, -0.2) is 36.5 Å². The van der Waals surface area contributed by atoms with Crippen LogP contribution in [0.25, 0.3) is 0 Å². The number of piperidine rings is 1. The van der Waals surface area contributed by atoms with Crippen LogP contribution >= 0.6 is 0 Å². The van der Waals surface area contributed by atoms with Crippen LogP contribution in [0.15, 0.2) is 23.0 Å². The summed E-state index contributed by atoms with van der Waals surface area (Å²) in [5.74, 6) is 0.662. The quantitative estimate of drug-likeness (QED) is 0.890. The Morgan fingerprint density at radius 2 is 2.44 bits per heavy atom. The van der Waals surface area contributed by atoms with E-state index in [0.29, 0.717) is 17.5 Å². The van der Waals surface area contributed by atoms with Crippen molar-refractivity contribution in [3.8, 4) is 0 Å². The van der Waals surface area contributed by atoms with Crippen LogP contribution in [0.4, 0.5) is 0 Å². The highest BCUT2D eigenvalue weighted by atomic mass is 16.3. The zero-order valence-electron chi connectivity index (χ0n) is 11.2. The number of nitrogens with one attached hydrogen (secondary N) is 1. The third kappa shape index (κ3) is 3.35. The Morgan fingerprint density at radius 3 is 3.11 bits per heavy atom. The molecule has 1 aromatic rings. The lowest BCUT2D eigenvalue weighted by Crippen LogP contribution is -2.43. The maximum atomic E-state index is 12.2. The Morgan fingerprint density at radius 1 is 1.61 bits per heavy atom. The van der Waals surface area contributed by atoms with Crippen molar-refractivity contribution in [3.05, 3.63) is 24.2 Å². The predicted octanol–water partition coefficient (Wildman–Crippen LogP) is 2.13. The van der Waals surface area contributed by atoms with E-state index < -0.39 is 0 Å². The molecule has 4 nitrogen and oxygen atoms in total. The number of amides is 1. The standard InChI is InChI=1S/C14H22N2O2/c1-11(2)15-8-12-4-3-6-16(9-12)14(17)13-5-7-18-10-13/h5,7,10-12,15H,3-4,6,8-9H2,1-2H3. The van der Waals surface area contributed by atoms with Gasteiger partial charge >= 0.3 is 0 Å². The van der Waals surface area contributed by atoms with Gasteiger partial charge in [-0.1, -0.05) is 13.8 Å². The molecule has 0 bridgehead atoms. The molecular weight excluding hydrogens is 228 g/mol. The summed E-state index contributed by atoms with van der Waals surface area (Å²) in [5.41, 5.74) is 0.660. The van der Waals surface area contributed by atoms with Crippen LogP contribution < -0.4 is 5.32 Å². The van der Waals surface area contributed by atoms with Crippen LogP contribution in [0.3, 0.4) is 0 Å². The van der Waals surface area contributed by atoms with Crippen LogP contribution in [0, 0.1) is 5.92 Å². The summed E-state index contributed by atoms with van der Waals surface area (Å²) in [6, 6.07) is 2.24. The Hall–Kier alpha value is -1.29. The second kappa shape index (κ2) is 6.05. The Bertz CT molecular complexity index is 373. The van der Waals surface area contributed by atoms with E-state index in [2.05, 4.69) is 19.2 Å². The lowest BCUT2D eigenvalue weighted by molar-refractivity contribution is 0.0671. The van der Waals surface area contributed by atoms with Gasteiger partial charge in [0.05, 0.1) is 11.8 Å². The van der Waals surface area contributed by atoms with Crippen molar-refractivity contribution >= 4 is 5.91 Å². The Labute approximate surface area is 108 Å². The summed E-state index contributed by atoms with van der Waals surface area (Å²) < 4.78 is 4.97. The van der Waals surface area contributed by atoms with E-state index in [0.717, 1.165) is 26.1 Å². The van der Waals surface area contributed by atoms with Gasteiger partial charge in [-0.3, -0.25) is 4.79 Å². The van der Waals surface area contributed by atoms with Crippen molar-refractivity contribution in [2.45, 2.75) is 32.7 Å². The summed E-state index contributed by atoms with van der Waals surface area (Å²) in [6.07, 6.45) is 5.37. The van der Waals surface area contributed by atoms with Crippen molar-refractivity contribution < 1.29 is 9.21 Å². The minimum Gasteiger partial charge on any atom is -0.472 e. The molecule has 2 heterocycles. The van der Waals surface area contributed by atoms with Crippen LogP contribution in [0.1, 0.15) is 37.0 Å². The molecule has 4 heteroatoms. The molecule has 0 spiro atoms. The molecule has 100 valence electrons. The first-order valence-electron chi connectivity index (χ1n) is 6.71. The molecule has 2 rings (SSSR count). The molecular formula is C14H22N2O2. The van der Waals surface area contributed by atoms with E-state index >= 15 is 0 Å². The van der Waals surface area contributed by atoms with E-state index in [1.807, 2.05) is 4.90 Å². The van der Waals surface area contributed by atoms with E-state index in [1.165, 1.54) is 12.7 Å². The van der Waals surface area contributed by atoms with E-state index in [-0.39, 0.29) is 5.91 Å². The second-order valence-electron chi connectivity index (χ2n) is 5.33. The predicted molar refractivity (Wildman–Crippen MR) is 70.5 cm³/mol. The first kappa shape index (κ1) is 13.1. The molecule has 0 saturated carbocycles. The van der Waals surface area contributed by atoms with Gasteiger partial charge < -0.3 is 14.6 Å². The number of nitrogens with zero attached hydrogens (tertiary/aromatic N) is 1. The Kier molecular flexibility index (Phi) is 4.42. The molecule has 1 saturated heterocycles. The summed E-state index contributed by atoms with van der Waals surface area (Å²) in [4.78, 5) is 14.1. The molecule has 0 radical (unpaired) electrons. The van der Waals surface area contributed by atoms with Crippen molar-refractivity contribution in [1.82, 2.24) is 10.2 Å². The minimum atomic E-state index is 0.0954. The molecule has 1 atom stereocenters. The van der Waals surface area contributed by atoms with Gasteiger partial charge in [0.2, 0.25) is 0 Å². The van der Waals surface area contributed by atoms with Gasteiger partial charge in [-0.05, 0) is 31.4 Å². The molecule has 1 fully saturated rings. The maximum absolute atomic E-state index is 12.2. The molecule has 1 aliphatic rings. The van der Waals surface area contributed by atoms with Crippen molar-refractivity contribution in [1.29, 1.82) is 0 Å². The first-order valence-corrected chi connectivity index (χ1v) is 6.71. The average molecular weight is 250 g/mol.